The molecular formula is C20H25NO4S2. The summed E-state index contributed by atoms with van der Waals surface area (Å²) in [6.45, 7) is 1.62. The van der Waals surface area contributed by atoms with Gasteiger partial charge < -0.3 is 13.7 Å². The molecule has 146 valence electrons. The molecule has 0 amide bonds. The lowest BCUT2D eigenvalue weighted by Gasteiger charge is -2.44. The lowest BCUT2D eigenvalue weighted by atomic mass is 10.1. The zero-order valence-corrected chi connectivity index (χ0v) is 16.9. The van der Waals surface area contributed by atoms with Gasteiger partial charge in [-0.3, -0.25) is 0 Å². The highest BCUT2D eigenvalue weighted by molar-refractivity contribution is 8.35. The van der Waals surface area contributed by atoms with E-state index in [1.807, 2.05) is 6.07 Å². The standard InChI is InChI=1S/C20H25NO4S2/c22-19-20(23)25-27(24-19)16-8-15-26-18(27)12-5-2-6-13-21-14-7-11-17-9-3-1-4-10-17/h1,3-4,9-10,18,21H,5,7-8,11-16H2. The number of nitrogens with one attached hydrogen (secondary N) is 1. The van der Waals surface area contributed by atoms with Gasteiger partial charge >= 0.3 is 11.9 Å². The van der Waals surface area contributed by atoms with Crippen molar-refractivity contribution in [1.82, 2.24) is 5.32 Å². The zero-order valence-electron chi connectivity index (χ0n) is 15.3. The highest BCUT2D eigenvalue weighted by atomic mass is 32.3. The second-order valence-electron chi connectivity index (χ2n) is 6.42. The normalized spacial score (nSPS) is 21.9. The maximum Gasteiger partial charge on any atom is 0.441 e. The molecule has 1 aromatic rings. The lowest BCUT2D eigenvalue weighted by Crippen LogP contribution is -2.24. The summed E-state index contributed by atoms with van der Waals surface area (Å²) in [6.07, 6.45) is 4.57. The fourth-order valence-corrected chi connectivity index (χ4v) is 8.09. The van der Waals surface area contributed by atoms with Gasteiger partial charge in [0.05, 0.1) is 12.3 Å². The summed E-state index contributed by atoms with van der Waals surface area (Å²) >= 11 is 1.74. The van der Waals surface area contributed by atoms with E-state index in [1.165, 1.54) is 5.56 Å². The minimum absolute atomic E-state index is 0.0507. The molecule has 1 aromatic carbocycles. The van der Waals surface area contributed by atoms with Crippen molar-refractivity contribution in [3.05, 3.63) is 35.9 Å². The number of aryl methyl sites for hydroxylation is 1. The molecule has 1 atom stereocenters. The van der Waals surface area contributed by atoms with Crippen molar-refractivity contribution in [2.24, 2.45) is 0 Å². The van der Waals surface area contributed by atoms with E-state index in [9.17, 15) is 9.59 Å². The van der Waals surface area contributed by atoms with E-state index < -0.39 is 22.5 Å². The first-order valence-electron chi connectivity index (χ1n) is 9.29. The Morgan fingerprint density at radius 3 is 2.70 bits per heavy atom. The van der Waals surface area contributed by atoms with Crippen LogP contribution < -0.4 is 5.32 Å². The van der Waals surface area contributed by atoms with Gasteiger partial charge in [-0.2, -0.15) is 0 Å². The van der Waals surface area contributed by atoms with Crippen LogP contribution in [0.1, 0.15) is 31.2 Å². The van der Waals surface area contributed by atoms with Crippen LogP contribution in [0.25, 0.3) is 0 Å². The number of benzene rings is 1. The third-order valence-electron chi connectivity index (χ3n) is 4.38. The number of carbonyl (C=O) groups is 2. The Kier molecular flexibility index (Phi) is 7.50. The summed E-state index contributed by atoms with van der Waals surface area (Å²) in [5, 5.41) is 3.34. The molecule has 3 rings (SSSR count). The van der Waals surface area contributed by atoms with Crippen molar-refractivity contribution < 1.29 is 18.0 Å². The summed E-state index contributed by atoms with van der Waals surface area (Å²) < 4.78 is 10.8. The summed E-state index contributed by atoms with van der Waals surface area (Å²) in [7, 11) is -2.05. The molecular weight excluding hydrogens is 382 g/mol. The van der Waals surface area contributed by atoms with Crippen LogP contribution in [0, 0.1) is 11.8 Å². The Morgan fingerprint density at radius 1 is 1.15 bits per heavy atom. The first-order valence-corrected chi connectivity index (χ1v) is 12.0. The van der Waals surface area contributed by atoms with Crippen LogP contribution >= 0.6 is 22.4 Å². The van der Waals surface area contributed by atoms with Crippen molar-refractivity contribution >= 4 is 34.3 Å². The van der Waals surface area contributed by atoms with E-state index in [-0.39, 0.29) is 4.58 Å². The molecule has 7 heteroatoms. The van der Waals surface area contributed by atoms with Crippen molar-refractivity contribution in [1.29, 1.82) is 0 Å². The summed E-state index contributed by atoms with van der Waals surface area (Å²) in [4.78, 5) is 22.9. The van der Waals surface area contributed by atoms with Crippen LogP contribution in [0.3, 0.4) is 0 Å². The van der Waals surface area contributed by atoms with Crippen LogP contribution in [0.15, 0.2) is 30.3 Å². The second kappa shape index (κ2) is 10.1. The molecule has 2 saturated heterocycles. The summed E-state index contributed by atoms with van der Waals surface area (Å²) in [5.41, 5.74) is 1.36. The maximum atomic E-state index is 11.5. The third-order valence-corrected chi connectivity index (χ3v) is 9.56. The molecule has 0 saturated carbocycles. The molecule has 2 aliphatic heterocycles. The van der Waals surface area contributed by atoms with Gasteiger partial charge in [0.2, 0.25) is 0 Å². The van der Waals surface area contributed by atoms with Crippen LogP contribution in [0.5, 0.6) is 0 Å². The van der Waals surface area contributed by atoms with Crippen molar-refractivity contribution in [2.75, 3.05) is 24.6 Å². The minimum Gasteiger partial charge on any atom is -0.333 e. The highest BCUT2D eigenvalue weighted by Gasteiger charge is 2.48. The quantitative estimate of drug-likeness (QED) is 0.425. The predicted octanol–water partition coefficient (Wildman–Crippen LogP) is 3.19. The van der Waals surface area contributed by atoms with Gasteiger partial charge in [-0.25, -0.2) is 9.59 Å². The Morgan fingerprint density at radius 2 is 1.93 bits per heavy atom. The molecule has 2 fully saturated rings. The first kappa shape index (κ1) is 20.1. The smallest absolute Gasteiger partial charge is 0.333 e. The maximum absolute atomic E-state index is 11.5. The third kappa shape index (κ3) is 5.68. The van der Waals surface area contributed by atoms with Crippen molar-refractivity contribution in [3.63, 3.8) is 0 Å². The predicted molar refractivity (Wildman–Crippen MR) is 110 cm³/mol. The van der Waals surface area contributed by atoms with Gasteiger partial charge in [-0.1, -0.05) is 46.8 Å². The Hall–Kier alpha value is -1.62. The van der Waals surface area contributed by atoms with E-state index >= 15 is 0 Å². The fourth-order valence-electron chi connectivity index (χ4n) is 3.06. The topological polar surface area (TPSA) is 64.6 Å². The average Bonchev–Trinajstić information content (AvgIpc) is 2.96. The van der Waals surface area contributed by atoms with E-state index in [0.717, 1.165) is 38.0 Å². The van der Waals surface area contributed by atoms with Crippen molar-refractivity contribution in [3.8, 4) is 11.8 Å². The van der Waals surface area contributed by atoms with Crippen LogP contribution in [-0.2, 0) is 24.4 Å². The Bertz CT molecular complexity index is 698. The SMILES string of the molecule is O=C1OS2(CCCSC2CCC#CCNCCCc2ccccc2)OC1=O. The molecule has 1 N–H and O–H groups in total. The van der Waals surface area contributed by atoms with Gasteiger partial charge in [-0.05, 0) is 43.5 Å². The average molecular weight is 408 g/mol. The number of thioether (sulfide) groups is 1. The van der Waals surface area contributed by atoms with E-state index in [0.29, 0.717) is 18.7 Å². The molecule has 2 aliphatic rings. The van der Waals surface area contributed by atoms with Crippen molar-refractivity contribution in [2.45, 2.75) is 36.7 Å². The molecule has 1 spiro atoms. The molecule has 27 heavy (non-hydrogen) atoms. The van der Waals surface area contributed by atoms with Gasteiger partial charge in [0.25, 0.3) is 0 Å². The molecule has 0 radical (unpaired) electrons. The molecule has 2 heterocycles. The van der Waals surface area contributed by atoms with Gasteiger partial charge in [0, 0.05) is 6.42 Å². The molecule has 0 aliphatic carbocycles. The number of carbonyl (C=O) groups excluding carboxylic acids is 2. The largest absolute Gasteiger partial charge is 0.441 e. The van der Waals surface area contributed by atoms with E-state index in [1.54, 1.807) is 11.8 Å². The Balaban J connectivity index is 1.32. The van der Waals surface area contributed by atoms with E-state index in [2.05, 4.69) is 41.4 Å². The lowest BCUT2D eigenvalue weighted by molar-refractivity contribution is -0.150. The first-order chi connectivity index (χ1) is 13.2. The monoisotopic (exact) mass is 407 g/mol. The fraction of sp³-hybridized carbons (Fsp3) is 0.500. The zero-order chi connectivity index (χ0) is 19.0. The van der Waals surface area contributed by atoms with Gasteiger partial charge in [0.15, 0.2) is 0 Å². The van der Waals surface area contributed by atoms with E-state index in [4.69, 9.17) is 8.37 Å². The van der Waals surface area contributed by atoms with Gasteiger partial charge in [-0.15, -0.1) is 17.7 Å². The number of hydrogen-bond acceptors (Lipinski definition) is 6. The molecule has 1 unspecified atom stereocenters. The summed E-state index contributed by atoms with van der Waals surface area (Å²) in [6, 6.07) is 10.5. The van der Waals surface area contributed by atoms with Gasteiger partial charge in [0.1, 0.15) is 4.58 Å². The number of rotatable bonds is 7. The number of hydrogen-bond donors (Lipinski definition) is 1. The molecule has 0 aromatic heterocycles. The summed E-state index contributed by atoms with van der Waals surface area (Å²) in [5.74, 6) is 6.33. The Labute approximate surface area is 166 Å². The minimum atomic E-state index is -2.05. The van der Waals surface area contributed by atoms with Crippen LogP contribution in [-0.4, -0.2) is 41.1 Å². The van der Waals surface area contributed by atoms with Crippen LogP contribution in [0.2, 0.25) is 0 Å². The second-order valence-corrected chi connectivity index (χ2v) is 10.7. The molecule has 0 bridgehead atoms. The highest BCUT2D eigenvalue weighted by Crippen LogP contribution is 2.65. The van der Waals surface area contributed by atoms with Crippen LogP contribution in [0.4, 0.5) is 0 Å². The molecule has 5 nitrogen and oxygen atoms in total.